The van der Waals surface area contributed by atoms with Crippen LogP contribution in [0.25, 0.3) is 11.6 Å². The second-order valence-electron chi connectivity index (χ2n) is 6.74. The Hall–Kier alpha value is -2.98. The first kappa shape index (κ1) is 18.1. The van der Waals surface area contributed by atoms with E-state index in [2.05, 4.69) is 15.2 Å². The van der Waals surface area contributed by atoms with Crippen LogP contribution in [0.3, 0.4) is 0 Å². The van der Waals surface area contributed by atoms with Gasteiger partial charge >= 0.3 is 0 Å². The Morgan fingerprint density at radius 2 is 1.90 bits per heavy atom. The zero-order chi connectivity index (χ0) is 19.8. The van der Waals surface area contributed by atoms with Gasteiger partial charge in [0.05, 0.1) is 4.90 Å². The fraction of sp³-hybridized carbons (Fsp3) is 0.316. The van der Waals surface area contributed by atoms with E-state index < -0.39 is 16.1 Å². The highest BCUT2D eigenvalue weighted by molar-refractivity contribution is 7.89. The molecule has 2 aromatic heterocycles. The quantitative estimate of drug-likeness (QED) is 0.641. The first-order valence-electron chi connectivity index (χ1n) is 9.29. The summed E-state index contributed by atoms with van der Waals surface area (Å²) in [5.74, 6) is 1.52. The summed E-state index contributed by atoms with van der Waals surface area (Å²) < 4.78 is 44.8. The van der Waals surface area contributed by atoms with Crippen molar-refractivity contribution >= 4 is 10.0 Å². The van der Waals surface area contributed by atoms with Crippen molar-refractivity contribution in [3.63, 3.8) is 0 Å². The first-order valence-corrected chi connectivity index (χ1v) is 10.7. The van der Waals surface area contributed by atoms with Crippen LogP contribution in [0.1, 0.15) is 24.8 Å². The fourth-order valence-electron chi connectivity index (χ4n) is 3.56. The van der Waals surface area contributed by atoms with E-state index >= 15 is 0 Å². The minimum atomic E-state index is -3.77. The van der Waals surface area contributed by atoms with Crippen molar-refractivity contribution in [1.82, 2.24) is 19.5 Å². The van der Waals surface area contributed by atoms with Crippen LogP contribution in [-0.4, -0.2) is 47.7 Å². The van der Waals surface area contributed by atoms with Crippen LogP contribution in [0, 0.1) is 0 Å². The van der Waals surface area contributed by atoms with Gasteiger partial charge in [-0.3, -0.25) is 4.98 Å². The van der Waals surface area contributed by atoms with Gasteiger partial charge in [0.15, 0.2) is 11.5 Å². The molecule has 29 heavy (non-hydrogen) atoms. The number of fused-ring (bicyclic) bond motifs is 1. The van der Waals surface area contributed by atoms with Gasteiger partial charge in [-0.25, -0.2) is 8.42 Å². The van der Waals surface area contributed by atoms with E-state index in [9.17, 15) is 8.42 Å². The molecule has 0 radical (unpaired) electrons. The number of pyridine rings is 1. The lowest BCUT2D eigenvalue weighted by atomic mass is 10.2. The van der Waals surface area contributed by atoms with Gasteiger partial charge in [0.25, 0.3) is 5.89 Å². The van der Waals surface area contributed by atoms with Crippen molar-refractivity contribution in [2.24, 2.45) is 0 Å². The normalized spacial score (nSPS) is 19.4. The predicted molar refractivity (Wildman–Crippen MR) is 101 cm³/mol. The van der Waals surface area contributed by atoms with E-state index in [4.69, 9.17) is 13.9 Å². The summed E-state index contributed by atoms with van der Waals surface area (Å²) in [4.78, 5) is 4.34. The smallest absolute Gasteiger partial charge is 0.266 e. The Morgan fingerprint density at radius 1 is 1.03 bits per heavy atom. The lowest BCUT2D eigenvalue weighted by Gasteiger charge is -2.23. The molecule has 1 aromatic carbocycles. The number of ether oxygens (including phenoxy) is 2. The van der Waals surface area contributed by atoms with Gasteiger partial charge in [0.2, 0.25) is 15.9 Å². The minimum Gasteiger partial charge on any atom is -0.486 e. The number of sulfonamides is 1. The summed E-state index contributed by atoms with van der Waals surface area (Å²) in [5.41, 5.74) is 0.547. The Morgan fingerprint density at radius 3 is 2.72 bits per heavy atom. The van der Waals surface area contributed by atoms with Crippen molar-refractivity contribution in [1.29, 1.82) is 0 Å². The molecule has 3 aromatic rings. The molecule has 0 bridgehead atoms. The summed E-state index contributed by atoms with van der Waals surface area (Å²) in [6.45, 7) is 1.22. The standard InChI is InChI=1S/C19H18N4O5S/c24-29(25,13-6-7-16-17(12-13)27-11-10-26-16)23-9-3-5-15(23)19-22-21-18(28-19)14-4-1-2-8-20-14/h1-2,4,6-8,12,15H,3,5,9-11H2/t15-/m0/s1. The number of benzene rings is 1. The SMILES string of the molecule is O=S(=O)(c1ccc2c(c1)OCCO2)N1CCC[C@H]1c1nnc(-c2ccccn2)o1. The fourth-order valence-corrected chi connectivity index (χ4v) is 5.22. The number of rotatable bonds is 4. The molecule has 10 heteroatoms. The monoisotopic (exact) mass is 414 g/mol. The topological polar surface area (TPSA) is 108 Å². The number of hydrogen-bond acceptors (Lipinski definition) is 8. The number of nitrogens with zero attached hydrogens (tertiary/aromatic N) is 4. The average molecular weight is 414 g/mol. The van der Waals surface area contributed by atoms with Crippen LogP contribution in [0.15, 0.2) is 51.9 Å². The number of aromatic nitrogens is 3. The van der Waals surface area contributed by atoms with E-state index in [1.165, 1.54) is 16.4 Å². The molecule has 0 N–H and O–H groups in total. The zero-order valence-electron chi connectivity index (χ0n) is 15.4. The molecule has 0 amide bonds. The molecule has 2 aliphatic rings. The van der Waals surface area contributed by atoms with Crippen LogP contribution in [-0.2, 0) is 10.0 Å². The maximum absolute atomic E-state index is 13.3. The largest absolute Gasteiger partial charge is 0.486 e. The van der Waals surface area contributed by atoms with Crippen molar-refractivity contribution < 1.29 is 22.3 Å². The third-order valence-corrected chi connectivity index (χ3v) is 6.84. The van der Waals surface area contributed by atoms with Crippen molar-refractivity contribution in [3.05, 3.63) is 48.5 Å². The van der Waals surface area contributed by atoms with E-state index in [0.29, 0.717) is 49.8 Å². The summed E-state index contributed by atoms with van der Waals surface area (Å²) >= 11 is 0. The summed E-state index contributed by atoms with van der Waals surface area (Å²) in [6.07, 6.45) is 2.94. The van der Waals surface area contributed by atoms with Crippen LogP contribution < -0.4 is 9.47 Å². The Labute approximate surface area is 167 Å². The summed E-state index contributed by atoms with van der Waals surface area (Å²) in [7, 11) is -3.77. The molecule has 1 fully saturated rings. The van der Waals surface area contributed by atoms with Gasteiger partial charge in [-0.15, -0.1) is 10.2 Å². The molecule has 4 heterocycles. The molecule has 5 rings (SSSR count). The second-order valence-corrected chi connectivity index (χ2v) is 8.63. The molecule has 9 nitrogen and oxygen atoms in total. The maximum atomic E-state index is 13.3. The second kappa shape index (κ2) is 7.12. The summed E-state index contributed by atoms with van der Waals surface area (Å²) in [6, 6.07) is 9.52. The zero-order valence-corrected chi connectivity index (χ0v) is 16.2. The molecule has 0 aliphatic carbocycles. The van der Waals surface area contributed by atoms with E-state index in [0.717, 1.165) is 0 Å². The molecule has 2 aliphatic heterocycles. The third-order valence-electron chi connectivity index (χ3n) is 4.93. The van der Waals surface area contributed by atoms with Gasteiger partial charge in [-0.05, 0) is 37.1 Å². The maximum Gasteiger partial charge on any atom is 0.266 e. The first-order chi connectivity index (χ1) is 14.1. The van der Waals surface area contributed by atoms with E-state index in [1.807, 2.05) is 6.07 Å². The molecular weight excluding hydrogens is 396 g/mol. The van der Waals surface area contributed by atoms with Crippen molar-refractivity contribution in [3.8, 4) is 23.1 Å². The Balaban J connectivity index is 1.45. The van der Waals surface area contributed by atoms with E-state index in [1.54, 1.807) is 24.4 Å². The van der Waals surface area contributed by atoms with Gasteiger partial charge in [-0.1, -0.05) is 6.07 Å². The van der Waals surface area contributed by atoms with Crippen LogP contribution >= 0.6 is 0 Å². The predicted octanol–water partition coefficient (Wildman–Crippen LogP) is 2.43. The Bertz CT molecular complexity index is 1130. The molecule has 0 unspecified atom stereocenters. The van der Waals surface area contributed by atoms with Gasteiger partial charge in [0, 0.05) is 18.8 Å². The highest BCUT2D eigenvalue weighted by Gasteiger charge is 2.39. The molecule has 1 saturated heterocycles. The average Bonchev–Trinajstić information content (AvgIpc) is 3.44. The van der Waals surface area contributed by atoms with Crippen LogP contribution in [0.5, 0.6) is 11.5 Å². The molecule has 0 spiro atoms. The van der Waals surface area contributed by atoms with Gasteiger partial charge in [-0.2, -0.15) is 4.31 Å². The lowest BCUT2D eigenvalue weighted by molar-refractivity contribution is 0.171. The van der Waals surface area contributed by atoms with Crippen LogP contribution in [0.2, 0.25) is 0 Å². The van der Waals surface area contributed by atoms with Crippen molar-refractivity contribution in [2.45, 2.75) is 23.8 Å². The molecule has 0 saturated carbocycles. The lowest BCUT2D eigenvalue weighted by Crippen LogP contribution is -2.31. The highest BCUT2D eigenvalue weighted by Crippen LogP contribution is 2.39. The number of hydrogen-bond donors (Lipinski definition) is 0. The van der Waals surface area contributed by atoms with Gasteiger partial charge < -0.3 is 13.9 Å². The van der Waals surface area contributed by atoms with Crippen molar-refractivity contribution in [2.75, 3.05) is 19.8 Å². The summed E-state index contributed by atoms with van der Waals surface area (Å²) in [5, 5.41) is 8.14. The molecular formula is C19H18N4O5S. The Kier molecular flexibility index (Phi) is 4.44. The molecule has 1 atom stereocenters. The highest BCUT2D eigenvalue weighted by atomic mass is 32.2. The van der Waals surface area contributed by atoms with Gasteiger partial charge in [0.1, 0.15) is 24.9 Å². The van der Waals surface area contributed by atoms with E-state index in [-0.39, 0.29) is 16.7 Å². The minimum absolute atomic E-state index is 0.151. The van der Waals surface area contributed by atoms with Crippen LogP contribution in [0.4, 0.5) is 0 Å². The molecule has 150 valence electrons. The third kappa shape index (κ3) is 3.23.